The highest BCUT2D eigenvalue weighted by molar-refractivity contribution is 9.13. The minimum atomic E-state index is 1.15. The van der Waals surface area contributed by atoms with Crippen LogP contribution < -0.4 is 0 Å². The number of hydrogen-bond donors (Lipinski definition) is 0. The van der Waals surface area contributed by atoms with E-state index < -0.39 is 0 Å². The molecule has 1 aromatic heterocycles. The molecule has 0 saturated carbocycles. The van der Waals surface area contributed by atoms with Gasteiger partial charge in [-0.15, -0.1) is 23.1 Å². The smallest absolute Gasteiger partial charge is 0.0852 e. The average Bonchev–Trinajstić information content (AvgIpc) is 2.13. The molecule has 0 aliphatic rings. The Morgan fingerprint density at radius 2 is 2.22 bits per heavy atom. The molecule has 0 radical (unpaired) electrons. The lowest BCUT2D eigenvalue weighted by atomic mass is 10.7. The highest BCUT2D eigenvalue weighted by Gasteiger charge is 2.00. The summed E-state index contributed by atoms with van der Waals surface area (Å²) in [5, 5.41) is 0. The molecule has 0 nitrogen and oxygen atoms in total. The molecule has 0 amide bonds. The molecule has 4 heteroatoms. The largest absolute Gasteiger partial charge is 0.121 e. The molecule has 0 fully saturated rings. The first-order valence-corrected chi connectivity index (χ1v) is 5.85. The van der Waals surface area contributed by atoms with Crippen molar-refractivity contribution in [2.75, 3.05) is 6.26 Å². The van der Waals surface area contributed by atoms with E-state index in [9.17, 15) is 0 Å². The van der Waals surface area contributed by atoms with Crippen molar-refractivity contribution in [3.8, 4) is 0 Å². The Hall–Kier alpha value is 1.01. The van der Waals surface area contributed by atoms with Crippen molar-refractivity contribution in [3.63, 3.8) is 0 Å². The summed E-state index contributed by atoms with van der Waals surface area (Å²) in [5.41, 5.74) is 0. The van der Waals surface area contributed by atoms with Gasteiger partial charge in [0.05, 0.1) is 8.00 Å². The maximum Gasteiger partial charge on any atom is 0.0852 e. The Bertz CT molecular complexity index is 187. The third-order valence-corrected chi connectivity index (χ3v) is 5.14. The van der Waals surface area contributed by atoms with Gasteiger partial charge in [-0.1, -0.05) is 0 Å². The van der Waals surface area contributed by atoms with Crippen molar-refractivity contribution in [3.05, 3.63) is 14.3 Å². The second kappa shape index (κ2) is 3.42. The van der Waals surface area contributed by atoms with E-state index in [-0.39, 0.29) is 0 Å². The topological polar surface area (TPSA) is 0 Å². The molecule has 0 unspecified atom stereocenters. The third-order valence-electron chi connectivity index (χ3n) is 0.824. The first kappa shape index (κ1) is 8.11. The first-order chi connectivity index (χ1) is 4.24. The lowest BCUT2D eigenvalue weighted by Gasteiger charge is -1.79. The number of thioether (sulfide) groups is 1. The van der Waals surface area contributed by atoms with Gasteiger partial charge in [-0.05, 0) is 44.2 Å². The molecule has 9 heavy (non-hydrogen) atoms. The highest BCUT2D eigenvalue weighted by atomic mass is 79.9. The molecule has 0 spiro atoms. The van der Waals surface area contributed by atoms with Crippen molar-refractivity contribution < 1.29 is 0 Å². The van der Waals surface area contributed by atoms with Crippen LogP contribution >= 0.6 is 55.0 Å². The molecule has 0 atom stereocenters. The SMILES string of the molecule is CSc1cc(Br)c(Br)s1. The summed E-state index contributed by atoms with van der Waals surface area (Å²) in [7, 11) is 0. The van der Waals surface area contributed by atoms with Gasteiger partial charge in [0.15, 0.2) is 0 Å². The van der Waals surface area contributed by atoms with Crippen LogP contribution in [0.15, 0.2) is 18.5 Å². The fraction of sp³-hybridized carbons (Fsp3) is 0.200. The Kier molecular flexibility index (Phi) is 3.08. The Morgan fingerprint density at radius 3 is 2.44 bits per heavy atom. The van der Waals surface area contributed by atoms with Gasteiger partial charge in [0.1, 0.15) is 0 Å². The zero-order valence-electron chi connectivity index (χ0n) is 4.65. The molecule has 0 N–H and O–H groups in total. The van der Waals surface area contributed by atoms with E-state index in [0.29, 0.717) is 0 Å². The molecular weight excluding hydrogens is 284 g/mol. The van der Waals surface area contributed by atoms with Crippen LogP contribution in [0.1, 0.15) is 0 Å². The minimum Gasteiger partial charge on any atom is -0.121 e. The van der Waals surface area contributed by atoms with Crippen molar-refractivity contribution >= 4 is 55.0 Å². The lowest BCUT2D eigenvalue weighted by molar-refractivity contribution is 1.69. The quantitative estimate of drug-likeness (QED) is 0.704. The molecule has 1 aromatic rings. The van der Waals surface area contributed by atoms with E-state index >= 15 is 0 Å². The van der Waals surface area contributed by atoms with Crippen LogP contribution in [0.4, 0.5) is 0 Å². The summed E-state index contributed by atoms with van der Waals surface area (Å²) >= 11 is 10.3. The van der Waals surface area contributed by atoms with Gasteiger partial charge < -0.3 is 0 Å². The van der Waals surface area contributed by atoms with Crippen LogP contribution in [0.5, 0.6) is 0 Å². The van der Waals surface area contributed by atoms with E-state index in [1.165, 1.54) is 8.00 Å². The monoisotopic (exact) mass is 286 g/mol. The summed E-state index contributed by atoms with van der Waals surface area (Å²) in [6.07, 6.45) is 2.07. The zero-order chi connectivity index (χ0) is 6.85. The highest BCUT2D eigenvalue weighted by Crippen LogP contribution is 2.36. The van der Waals surface area contributed by atoms with E-state index in [1.54, 1.807) is 23.1 Å². The summed E-state index contributed by atoms with van der Waals surface area (Å²) in [4.78, 5) is 0. The second-order valence-corrected chi connectivity index (χ2v) is 5.72. The average molecular weight is 288 g/mol. The second-order valence-electron chi connectivity index (χ2n) is 1.39. The van der Waals surface area contributed by atoms with Crippen LogP contribution in [0.2, 0.25) is 0 Å². The van der Waals surface area contributed by atoms with Crippen LogP contribution in [0.25, 0.3) is 0 Å². The number of hydrogen-bond acceptors (Lipinski definition) is 2. The fourth-order valence-electron chi connectivity index (χ4n) is 0.427. The number of thiophene rings is 1. The van der Waals surface area contributed by atoms with Gasteiger partial charge in [0.2, 0.25) is 0 Å². The number of rotatable bonds is 1. The van der Waals surface area contributed by atoms with Crippen molar-refractivity contribution in [1.82, 2.24) is 0 Å². The molecule has 0 aromatic carbocycles. The zero-order valence-corrected chi connectivity index (χ0v) is 9.45. The summed E-state index contributed by atoms with van der Waals surface area (Å²) in [6, 6.07) is 2.11. The van der Waals surface area contributed by atoms with Crippen molar-refractivity contribution in [2.45, 2.75) is 4.21 Å². The third kappa shape index (κ3) is 1.97. The van der Waals surface area contributed by atoms with Crippen LogP contribution in [-0.2, 0) is 0 Å². The van der Waals surface area contributed by atoms with E-state index in [0.717, 1.165) is 4.47 Å². The molecule has 0 aliphatic carbocycles. The fourth-order valence-corrected chi connectivity index (χ4v) is 3.49. The van der Waals surface area contributed by atoms with Gasteiger partial charge in [-0.25, -0.2) is 0 Å². The predicted octanol–water partition coefficient (Wildman–Crippen LogP) is 4.00. The first-order valence-electron chi connectivity index (χ1n) is 2.23. The number of halogens is 2. The van der Waals surface area contributed by atoms with Gasteiger partial charge in [0, 0.05) is 4.47 Å². The van der Waals surface area contributed by atoms with Crippen LogP contribution in [-0.4, -0.2) is 6.26 Å². The van der Waals surface area contributed by atoms with Gasteiger partial charge >= 0.3 is 0 Å². The molecule has 1 rings (SSSR count). The van der Waals surface area contributed by atoms with E-state index in [1.807, 2.05) is 0 Å². The van der Waals surface area contributed by atoms with Gasteiger partial charge in [-0.3, -0.25) is 0 Å². The van der Waals surface area contributed by atoms with Crippen molar-refractivity contribution in [2.24, 2.45) is 0 Å². The maximum absolute atomic E-state index is 3.42. The standard InChI is InChI=1S/C5H4Br2S2/c1-8-4-2-3(6)5(7)9-4/h2H,1H3. The molecule has 0 saturated heterocycles. The molecule has 0 bridgehead atoms. The minimum absolute atomic E-state index is 1.15. The molecule has 50 valence electrons. The van der Waals surface area contributed by atoms with Crippen LogP contribution in [0.3, 0.4) is 0 Å². The Labute approximate surface area is 79.3 Å². The normalized spacial score (nSPS) is 10.1. The molecular formula is C5H4Br2S2. The van der Waals surface area contributed by atoms with E-state index in [4.69, 9.17) is 0 Å². The Balaban J connectivity index is 2.98. The predicted molar refractivity (Wildman–Crippen MR) is 51.5 cm³/mol. The van der Waals surface area contributed by atoms with E-state index in [2.05, 4.69) is 44.2 Å². The summed E-state index contributed by atoms with van der Waals surface area (Å²) < 4.78 is 3.65. The molecule has 1 heterocycles. The van der Waals surface area contributed by atoms with Crippen LogP contribution in [0, 0.1) is 0 Å². The maximum atomic E-state index is 3.42. The Morgan fingerprint density at radius 1 is 1.56 bits per heavy atom. The van der Waals surface area contributed by atoms with Crippen molar-refractivity contribution in [1.29, 1.82) is 0 Å². The summed E-state index contributed by atoms with van der Waals surface area (Å²) in [6.45, 7) is 0. The summed E-state index contributed by atoms with van der Waals surface area (Å²) in [5.74, 6) is 0. The van der Waals surface area contributed by atoms with Gasteiger partial charge in [0.25, 0.3) is 0 Å². The van der Waals surface area contributed by atoms with Gasteiger partial charge in [-0.2, -0.15) is 0 Å². The molecule has 0 aliphatic heterocycles. The lowest BCUT2D eigenvalue weighted by Crippen LogP contribution is -1.49.